The van der Waals surface area contributed by atoms with Gasteiger partial charge in [-0.25, -0.2) is 0 Å². The highest BCUT2D eigenvalue weighted by Crippen LogP contribution is 2.22. The molecule has 0 fully saturated rings. The van der Waals surface area contributed by atoms with Crippen LogP contribution in [0.25, 0.3) is 0 Å². The van der Waals surface area contributed by atoms with Gasteiger partial charge in [-0.1, -0.05) is 22.0 Å². The Morgan fingerprint density at radius 1 is 1.47 bits per heavy atom. The summed E-state index contributed by atoms with van der Waals surface area (Å²) in [6.07, 6.45) is 0.994. The zero-order valence-electron chi connectivity index (χ0n) is 9.91. The number of fused-ring (bicyclic) bond motifs is 1. The topological polar surface area (TPSA) is 29.5 Å². The normalized spacial score (nSPS) is 15.4. The van der Waals surface area contributed by atoms with E-state index in [2.05, 4.69) is 33.0 Å². The summed E-state index contributed by atoms with van der Waals surface area (Å²) in [6, 6.07) is 6.33. The van der Waals surface area contributed by atoms with Crippen molar-refractivity contribution in [3.8, 4) is 0 Å². The van der Waals surface area contributed by atoms with Gasteiger partial charge in [-0.2, -0.15) is 0 Å². The van der Waals surface area contributed by atoms with Gasteiger partial charge in [0.25, 0.3) is 0 Å². The number of carbonyl (C=O) groups is 1. The van der Waals surface area contributed by atoms with E-state index in [1.54, 1.807) is 0 Å². The number of ether oxygens (including phenoxy) is 1. The van der Waals surface area contributed by atoms with E-state index in [4.69, 9.17) is 4.74 Å². The third-order valence-corrected chi connectivity index (χ3v) is 3.41. The van der Waals surface area contributed by atoms with Gasteiger partial charge in [0.05, 0.1) is 13.2 Å². The highest BCUT2D eigenvalue weighted by atomic mass is 79.9. The van der Waals surface area contributed by atoms with Crippen molar-refractivity contribution in [2.75, 3.05) is 19.7 Å². The monoisotopic (exact) mass is 297 g/mol. The second kappa shape index (κ2) is 5.65. The van der Waals surface area contributed by atoms with Crippen LogP contribution in [-0.2, 0) is 22.5 Å². The number of rotatable bonds is 3. The molecule has 0 unspecified atom stereocenters. The molecule has 2 rings (SSSR count). The fourth-order valence-electron chi connectivity index (χ4n) is 2.10. The van der Waals surface area contributed by atoms with Crippen LogP contribution in [0.4, 0.5) is 0 Å². The third kappa shape index (κ3) is 3.30. The Balaban J connectivity index is 1.99. The van der Waals surface area contributed by atoms with Gasteiger partial charge in [0.15, 0.2) is 0 Å². The average molecular weight is 298 g/mol. The molecule has 1 aromatic rings. The van der Waals surface area contributed by atoms with Crippen LogP contribution >= 0.6 is 15.9 Å². The molecule has 1 heterocycles. The van der Waals surface area contributed by atoms with Crippen molar-refractivity contribution in [2.45, 2.75) is 19.9 Å². The van der Waals surface area contributed by atoms with Gasteiger partial charge >= 0.3 is 5.97 Å². The molecule has 1 aliphatic heterocycles. The quantitative estimate of drug-likeness (QED) is 0.802. The molecule has 4 heteroatoms. The summed E-state index contributed by atoms with van der Waals surface area (Å²) in [4.78, 5) is 13.5. The predicted molar refractivity (Wildman–Crippen MR) is 69.8 cm³/mol. The molecule has 1 aromatic carbocycles. The molecule has 0 N–H and O–H groups in total. The molecule has 0 radical (unpaired) electrons. The molecule has 0 saturated heterocycles. The molecule has 0 bridgehead atoms. The van der Waals surface area contributed by atoms with Gasteiger partial charge in [0, 0.05) is 17.6 Å². The average Bonchev–Trinajstić information content (AvgIpc) is 2.29. The zero-order valence-corrected chi connectivity index (χ0v) is 11.5. The van der Waals surface area contributed by atoms with Gasteiger partial charge in [0.2, 0.25) is 0 Å². The van der Waals surface area contributed by atoms with Crippen molar-refractivity contribution in [1.29, 1.82) is 0 Å². The van der Waals surface area contributed by atoms with E-state index in [1.165, 1.54) is 11.1 Å². The van der Waals surface area contributed by atoms with Crippen molar-refractivity contribution in [1.82, 2.24) is 4.90 Å². The highest BCUT2D eigenvalue weighted by Gasteiger charge is 2.18. The maximum Gasteiger partial charge on any atom is 0.320 e. The van der Waals surface area contributed by atoms with E-state index in [1.807, 2.05) is 13.0 Å². The summed E-state index contributed by atoms with van der Waals surface area (Å²) >= 11 is 3.48. The largest absolute Gasteiger partial charge is 0.465 e. The van der Waals surface area contributed by atoms with Crippen LogP contribution in [0.1, 0.15) is 18.1 Å². The summed E-state index contributed by atoms with van der Waals surface area (Å²) in [5.74, 6) is -0.131. The molecule has 0 aliphatic carbocycles. The van der Waals surface area contributed by atoms with Crippen LogP contribution in [0.2, 0.25) is 0 Å². The highest BCUT2D eigenvalue weighted by molar-refractivity contribution is 9.10. The lowest BCUT2D eigenvalue weighted by atomic mass is 10.00. The van der Waals surface area contributed by atoms with Gasteiger partial charge in [-0.3, -0.25) is 9.69 Å². The van der Waals surface area contributed by atoms with E-state index >= 15 is 0 Å². The van der Waals surface area contributed by atoms with Crippen LogP contribution in [0.3, 0.4) is 0 Å². The maximum absolute atomic E-state index is 11.4. The van der Waals surface area contributed by atoms with E-state index in [0.717, 1.165) is 24.0 Å². The number of halogens is 1. The second-order valence-electron chi connectivity index (χ2n) is 4.18. The number of nitrogens with zero attached hydrogens (tertiary/aromatic N) is 1. The van der Waals surface area contributed by atoms with Crippen LogP contribution < -0.4 is 0 Å². The molecule has 17 heavy (non-hydrogen) atoms. The Labute approximate surface area is 110 Å². The van der Waals surface area contributed by atoms with Crippen LogP contribution in [-0.4, -0.2) is 30.6 Å². The van der Waals surface area contributed by atoms with E-state index in [0.29, 0.717) is 13.2 Å². The molecule has 0 aromatic heterocycles. The van der Waals surface area contributed by atoms with Crippen molar-refractivity contribution >= 4 is 21.9 Å². The molecule has 0 spiro atoms. The molecular weight excluding hydrogens is 282 g/mol. The van der Waals surface area contributed by atoms with Gasteiger partial charge in [-0.05, 0) is 36.6 Å². The predicted octanol–water partition coefficient (Wildman–Crippen LogP) is 2.37. The number of esters is 1. The molecule has 0 saturated carbocycles. The molecule has 0 amide bonds. The van der Waals surface area contributed by atoms with Gasteiger partial charge in [0.1, 0.15) is 0 Å². The summed E-state index contributed by atoms with van der Waals surface area (Å²) in [6.45, 7) is 4.43. The Kier molecular flexibility index (Phi) is 4.18. The van der Waals surface area contributed by atoms with Crippen molar-refractivity contribution in [3.05, 3.63) is 33.8 Å². The summed E-state index contributed by atoms with van der Waals surface area (Å²) in [5, 5.41) is 0. The number of hydrogen-bond donors (Lipinski definition) is 0. The summed E-state index contributed by atoms with van der Waals surface area (Å²) in [7, 11) is 0. The van der Waals surface area contributed by atoms with E-state index in [-0.39, 0.29) is 5.97 Å². The van der Waals surface area contributed by atoms with Crippen LogP contribution in [0, 0.1) is 0 Å². The van der Waals surface area contributed by atoms with Crippen molar-refractivity contribution in [3.63, 3.8) is 0 Å². The Hall–Kier alpha value is -0.870. The van der Waals surface area contributed by atoms with Crippen LogP contribution in [0.5, 0.6) is 0 Å². The summed E-state index contributed by atoms with van der Waals surface area (Å²) in [5.41, 5.74) is 2.68. The first-order valence-electron chi connectivity index (χ1n) is 5.84. The molecular formula is C13H16BrNO2. The Bertz CT molecular complexity index is 420. The Morgan fingerprint density at radius 2 is 2.29 bits per heavy atom. The molecule has 3 nitrogen and oxygen atoms in total. The lowest BCUT2D eigenvalue weighted by Gasteiger charge is -2.27. The first-order valence-corrected chi connectivity index (χ1v) is 6.63. The van der Waals surface area contributed by atoms with Crippen LogP contribution in [0.15, 0.2) is 22.7 Å². The van der Waals surface area contributed by atoms with E-state index in [9.17, 15) is 4.79 Å². The number of hydrogen-bond acceptors (Lipinski definition) is 3. The minimum Gasteiger partial charge on any atom is -0.465 e. The number of benzene rings is 1. The molecule has 1 aliphatic rings. The lowest BCUT2D eigenvalue weighted by Crippen LogP contribution is -2.35. The zero-order chi connectivity index (χ0) is 12.3. The number of carbonyl (C=O) groups excluding carboxylic acids is 1. The first kappa shape index (κ1) is 12.6. The fraction of sp³-hybridized carbons (Fsp3) is 0.462. The third-order valence-electron chi connectivity index (χ3n) is 2.92. The van der Waals surface area contributed by atoms with Crippen molar-refractivity contribution < 1.29 is 9.53 Å². The Morgan fingerprint density at radius 3 is 3.06 bits per heavy atom. The first-order chi connectivity index (χ1) is 8.19. The second-order valence-corrected chi connectivity index (χ2v) is 5.09. The fourth-order valence-corrected chi connectivity index (χ4v) is 2.51. The maximum atomic E-state index is 11.4. The summed E-state index contributed by atoms with van der Waals surface area (Å²) < 4.78 is 6.08. The smallest absolute Gasteiger partial charge is 0.320 e. The lowest BCUT2D eigenvalue weighted by molar-refractivity contribution is -0.144. The standard InChI is InChI=1S/C13H16BrNO2/c1-2-17-13(16)9-15-6-5-10-7-12(14)4-3-11(10)8-15/h3-4,7H,2,5-6,8-9H2,1H3. The minimum absolute atomic E-state index is 0.131. The van der Waals surface area contributed by atoms with Gasteiger partial charge in [-0.15, -0.1) is 0 Å². The van der Waals surface area contributed by atoms with Crippen molar-refractivity contribution in [2.24, 2.45) is 0 Å². The van der Waals surface area contributed by atoms with E-state index < -0.39 is 0 Å². The minimum atomic E-state index is -0.131. The van der Waals surface area contributed by atoms with Gasteiger partial charge < -0.3 is 4.74 Å². The molecule has 92 valence electrons. The molecule has 0 atom stereocenters. The SMILES string of the molecule is CCOC(=O)CN1CCc2cc(Br)ccc2C1.